The summed E-state index contributed by atoms with van der Waals surface area (Å²) in [4.78, 5) is 3.52. The van der Waals surface area contributed by atoms with Crippen molar-refractivity contribution in [2.24, 2.45) is 0 Å². The van der Waals surface area contributed by atoms with Gasteiger partial charge in [-0.25, -0.2) is 0 Å². The number of aliphatic hydroxyl groups excluding tert-OH is 2. The second-order valence-electron chi connectivity index (χ2n) is 3.45. The number of rotatable bonds is 4. The van der Waals surface area contributed by atoms with Gasteiger partial charge in [-0.15, -0.1) is 11.6 Å². The van der Waals surface area contributed by atoms with Crippen LogP contribution in [0.4, 0.5) is 13.2 Å². The number of aromatic nitrogens is 1. The van der Waals surface area contributed by atoms with Crippen molar-refractivity contribution in [3.8, 4) is 0 Å². The van der Waals surface area contributed by atoms with Gasteiger partial charge in [0.1, 0.15) is 6.10 Å². The molecule has 0 saturated carbocycles. The highest BCUT2D eigenvalue weighted by atomic mass is 35.5. The summed E-state index contributed by atoms with van der Waals surface area (Å²) >= 11 is 5.35. The van der Waals surface area contributed by atoms with E-state index in [0.29, 0.717) is 0 Å². The van der Waals surface area contributed by atoms with E-state index in [1.165, 1.54) is 0 Å². The molecule has 0 spiro atoms. The molecule has 0 radical (unpaired) electrons. The SMILES string of the molecule is OC(CCCl)C(O)c1cnccc1C(F)(F)F. The van der Waals surface area contributed by atoms with Crippen LogP contribution < -0.4 is 0 Å². The van der Waals surface area contributed by atoms with Gasteiger partial charge in [0.15, 0.2) is 0 Å². The molecule has 1 rings (SSSR count). The molecule has 0 fully saturated rings. The molecule has 0 amide bonds. The Kier molecular flexibility index (Phi) is 4.73. The maximum atomic E-state index is 12.6. The highest BCUT2D eigenvalue weighted by Gasteiger charge is 2.36. The minimum Gasteiger partial charge on any atom is -0.390 e. The molecular weight excluding hydrogens is 259 g/mol. The third-order valence-corrected chi connectivity index (χ3v) is 2.46. The smallest absolute Gasteiger partial charge is 0.390 e. The Morgan fingerprint density at radius 1 is 1.35 bits per heavy atom. The fourth-order valence-electron chi connectivity index (χ4n) is 1.38. The van der Waals surface area contributed by atoms with E-state index in [1.807, 2.05) is 0 Å². The molecule has 0 aliphatic carbocycles. The van der Waals surface area contributed by atoms with Crippen molar-refractivity contribution >= 4 is 11.6 Å². The predicted octanol–water partition coefficient (Wildman–Crippen LogP) is 2.12. The van der Waals surface area contributed by atoms with E-state index < -0.39 is 29.5 Å². The Hall–Kier alpha value is -0.850. The second-order valence-corrected chi connectivity index (χ2v) is 3.83. The molecule has 96 valence electrons. The third-order valence-electron chi connectivity index (χ3n) is 2.25. The van der Waals surface area contributed by atoms with Gasteiger partial charge in [0.05, 0.1) is 11.7 Å². The van der Waals surface area contributed by atoms with E-state index in [9.17, 15) is 23.4 Å². The lowest BCUT2D eigenvalue weighted by Crippen LogP contribution is -2.22. The van der Waals surface area contributed by atoms with Crippen molar-refractivity contribution in [2.75, 3.05) is 5.88 Å². The van der Waals surface area contributed by atoms with Gasteiger partial charge < -0.3 is 10.2 Å². The zero-order valence-corrected chi connectivity index (χ0v) is 9.41. The van der Waals surface area contributed by atoms with Gasteiger partial charge in [-0.1, -0.05) is 0 Å². The summed E-state index contributed by atoms with van der Waals surface area (Å²) in [5, 5.41) is 19.0. The Morgan fingerprint density at radius 2 is 2.00 bits per heavy atom. The van der Waals surface area contributed by atoms with Crippen molar-refractivity contribution in [2.45, 2.75) is 24.8 Å². The number of alkyl halides is 4. The van der Waals surface area contributed by atoms with Crippen molar-refractivity contribution < 1.29 is 23.4 Å². The Morgan fingerprint density at radius 3 is 2.53 bits per heavy atom. The molecule has 0 aliphatic heterocycles. The highest BCUT2D eigenvalue weighted by Crippen LogP contribution is 2.35. The highest BCUT2D eigenvalue weighted by molar-refractivity contribution is 6.17. The van der Waals surface area contributed by atoms with Gasteiger partial charge in [-0.05, 0) is 12.5 Å². The summed E-state index contributed by atoms with van der Waals surface area (Å²) in [5.74, 6) is 0.0415. The lowest BCUT2D eigenvalue weighted by Gasteiger charge is -2.20. The zero-order valence-electron chi connectivity index (χ0n) is 8.65. The molecule has 1 heterocycles. The predicted molar refractivity (Wildman–Crippen MR) is 55.5 cm³/mol. The van der Waals surface area contributed by atoms with Crippen LogP contribution in [0.2, 0.25) is 0 Å². The first-order valence-corrected chi connectivity index (χ1v) is 5.34. The van der Waals surface area contributed by atoms with Gasteiger partial charge in [-0.3, -0.25) is 4.98 Å². The molecule has 0 bridgehead atoms. The molecule has 2 N–H and O–H groups in total. The molecule has 1 aromatic rings. The van der Waals surface area contributed by atoms with Gasteiger partial charge in [0, 0.05) is 23.8 Å². The molecule has 17 heavy (non-hydrogen) atoms. The van der Waals surface area contributed by atoms with Gasteiger partial charge >= 0.3 is 6.18 Å². The average Bonchev–Trinajstić information content (AvgIpc) is 2.27. The van der Waals surface area contributed by atoms with Crippen LogP contribution in [-0.4, -0.2) is 27.2 Å². The molecule has 2 atom stereocenters. The van der Waals surface area contributed by atoms with Crippen molar-refractivity contribution in [3.05, 3.63) is 29.6 Å². The zero-order chi connectivity index (χ0) is 13.1. The Bertz CT molecular complexity index is 373. The largest absolute Gasteiger partial charge is 0.416 e. The molecule has 3 nitrogen and oxygen atoms in total. The molecular formula is C10H11ClF3NO2. The monoisotopic (exact) mass is 269 g/mol. The maximum absolute atomic E-state index is 12.6. The van der Waals surface area contributed by atoms with E-state index in [0.717, 1.165) is 18.5 Å². The summed E-state index contributed by atoms with van der Waals surface area (Å²) in [5.41, 5.74) is -1.45. The first-order chi connectivity index (χ1) is 7.88. The molecule has 2 unspecified atom stereocenters. The third kappa shape index (κ3) is 3.55. The molecule has 0 aromatic carbocycles. The van der Waals surface area contributed by atoms with E-state index in [4.69, 9.17) is 11.6 Å². The van der Waals surface area contributed by atoms with E-state index >= 15 is 0 Å². The standard InChI is InChI=1S/C10H11ClF3NO2/c11-3-1-8(16)9(17)6-5-15-4-2-7(6)10(12,13)14/h2,4-5,8-9,16-17H,1,3H2. The van der Waals surface area contributed by atoms with Gasteiger partial charge in [-0.2, -0.15) is 13.2 Å². The minimum atomic E-state index is -4.60. The van der Waals surface area contributed by atoms with Crippen molar-refractivity contribution in [1.29, 1.82) is 0 Å². The summed E-state index contributed by atoms with van der Waals surface area (Å²) in [6, 6.07) is 0.756. The molecule has 0 saturated heterocycles. The minimum absolute atomic E-state index is 0.00505. The number of pyridine rings is 1. The van der Waals surface area contributed by atoms with Gasteiger partial charge in [0.2, 0.25) is 0 Å². The molecule has 1 aromatic heterocycles. The topological polar surface area (TPSA) is 53.4 Å². The van der Waals surface area contributed by atoms with Crippen LogP contribution in [0.25, 0.3) is 0 Å². The Balaban J connectivity index is 3.05. The fraction of sp³-hybridized carbons (Fsp3) is 0.500. The van der Waals surface area contributed by atoms with Crippen LogP contribution in [0.1, 0.15) is 23.7 Å². The summed E-state index contributed by atoms with van der Waals surface area (Å²) in [6.07, 6.45) is -5.73. The van der Waals surface area contributed by atoms with Crippen LogP contribution in [0.15, 0.2) is 18.5 Å². The van der Waals surface area contributed by atoms with Crippen LogP contribution in [-0.2, 0) is 6.18 Å². The second kappa shape index (κ2) is 5.66. The molecule has 7 heteroatoms. The van der Waals surface area contributed by atoms with E-state index in [-0.39, 0.29) is 12.3 Å². The first-order valence-electron chi connectivity index (χ1n) is 4.81. The first kappa shape index (κ1) is 14.2. The van der Waals surface area contributed by atoms with Crippen molar-refractivity contribution in [3.63, 3.8) is 0 Å². The number of hydrogen-bond donors (Lipinski definition) is 2. The summed E-state index contributed by atoms with van der Waals surface area (Å²) < 4.78 is 37.8. The fourth-order valence-corrected chi connectivity index (χ4v) is 1.60. The summed E-state index contributed by atoms with van der Waals surface area (Å²) in [6.45, 7) is 0. The van der Waals surface area contributed by atoms with Crippen LogP contribution in [0.3, 0.4) is 0 Å². The number of aliphatic hydroxyl groups is 2. The van der Waals surface area contributed by atoms with Crippen molar-refractivity contribution in [1.82, 2.24) is 4.98 Å². The lowest BCUT2D eigenvalue weighted by molar-refractivity contribution is -0.140. The van der Waals surface area contributed by atoms with Crippen LogP contribution in [0.5, 0.6) is 0 Å². The number of nitrogens with zero attached hydrogens (tertiary/aromatic N) is 1. The maximum Gasteiger partial charge on any atom is 0.416 e. The van der Waals surface area contributed by atoms with Gasteiger partial charge in [0.25, 0.3) is 0 Å². The normalized spacial score (nSPS) is 15.6. The van der Waals surface area contributed by atoms with Crippen LogP contribution in [0, 0.1) is 0 Å². The average molecular weight is 270 g/mol. The van der Waals surface area contributed by atoms with E-state index in [2.05, 4.69) is 4.98 Å². The van der Waals surface area contributed by atoms with Crippen LogP contribution >= 0.6 is 11.6 Å². The lowest BCUT2D eigenvalue weighted by atomic mass is 9.99. The van der Waals surface area contributed by atoms with E-state index in [1.54, 1.807) is 0 Å². The number of hydrogen-bond acceptors (Lipinski definition) is 3. The molecule has 0 aliphatic rings. The number of halogens is 4. The Labute approximate surface area is 101 Å². The summed E-state index contributed by atoms with van der Waals surface area (Å²) in [7, 11) is 0. The quantitative estimate of drug-likeness (QED) is 0.824.